The fourth-order valence-electron chi connectivity index (χ4n) is 3.82. The minimum Gasteiger partial charge on any atom is -0.383 e. The maximum absolute atomic E-state index is 12.9. The Balaban J connectivity index is 1.45. The van der Waals surface area contributed by atoms with Crippen molar-refractivity contribution in [2.24, 2.45) is 0 Å². The predicted octanol–water partition coefficient (Wildman–Crippen LogP) is 3.95. The van der Waals surface area contributed by atoms with Crippen LogP contribution in [0.4, 0.5) is 10.5 Å². The van der Waals surface area contributed by atoms with Gasteiger partial charge in [0.2, 0.25) is 0 Å². The summed E-state index contributed by atoms with van der Waals surface area (Å²) in [5.41, 5.74) is 2.58. The smallest absolute Gasteiger partial charge is 0.317 e. The van der Waals surface area contributed by atoms with Crippen molar-refractivity contribution >= 4 is 11.7 Å². The van der Waals surface area contributed by atoms with E-state index in [4.69, 9.17) is 4.74 Å². The summed E-state index contributed by atoms with van der Waals surface area (Å²) < 4.78 is 5.21. The highest BCUT2D eigenvalue weighted by Gasteiger charge is 2.23. The maximum Gasteiger partial charge on any atom is 0.317 e. The van der Waals surface area contributed by atoms with E-state index in [-0.39, 0.29) is 12.1 Å². The monoisotopic (exact) mass is 395 g/mol. The van der Waals surface area contributed by atoms with Crippen LogP contribution >= 0.6 is 0 Å². The van der Waals surface area contributed by atoms with Crippen molar-refractivity contribution in [3.63, 3.8) is 0 Å². The summed E-state index contributed by atoms with van der Waals surface area (Å²) >= 11 is 0. The number of ether oxygens (including phenoxy) is 1. The lowest BCUT2D eigenvalue weighted by Gasteiger charge is -2.35. The first-order chi connectivity index (χ1) is 14.3. The Bertz CT molecular complexity index is 715. The zero-order valence-corrected chi connectivity index (χ0v) is 17.4. The lowest BCUT2D eigenvalue weighted by Crippen LogP contribution is -2.50. The van der Waals surface area contributed by atoms with E-state index in [9.17, 15) is 4.79 Å². The number of methoxy groups -OCH3 is 1. The summed E-state index contributed by atoms with van der Waals surface area (Å²) in [5.74, 6) is 0. The molecule has 0 atom stereocenters. The van der Waals surface area contributed by atoms with Gasteiger partial charge < -0.3 is 19.9 Å². The number of piperidine rings is 1. The van der Waals surface area contributed by atoms with Crippen LogP contribution in [0.15, 0.2) is 60.7 Å². The molecule has 5 heteroatoms. The topological polar surface area (TPSA) is 44.8 Å². The summed E-state index contributed by atoms with van der Waals surface area (Å²) in [6, 6.07) is 21.2. The Morgan fingerprint density at radius 3 is 2.34 bits per heavy atom. The lowest BCUT2D eigenvalue weighted by molar-refractivity contribution is 0.146. The zero-order chi connectivity index (χ0) is 20.3. The van der Waals surface area contributed by atoms with Crippen LogP contribution in [-0.4, -0.2) is 56.9 Å². The van der Waals surface area contributed by atoms with E-state index < -0.39 is 0 Å². The van der Waals surface area contributed by atoms with E-state index in [0.717, 1.165) is 45.3 Å². The summed E-state index contributed by atoms with van der Waals surface area (Å²) in [4.78, 5) is 17.1. The van der Waals surface area contributed by atoms with E-state index in [0.29, 0.717) is 13.2 Å². The third-order valence-corrected chi connectivity index (χ3v) is 5.53. The molecular formula is C24H33N3O2. The molecule has 1 saturated heterocycles. The Morgan fingerprint density at radius 1 is 1.03 bits per heavy atom. The molecule has 1 fully saturated rings. The van der Waals surface area contributed by atoms with Crippen LogP contribution in [0.1, 0.15) is 24.8 Å². The molecule has 0 aromatic heterocycles. The molecule has 0 radical (unpaired) electrons. The van der Waals surface area contributed by atoms with Crippen LogP contribution in [0, 0.1) is 0 Å². The molecule has 2 amide bonds. The van der Waals surface area contributed by atoms with E-state index >= 15 is 0 Å². The SMILES string of the molecule is COCCN(CCCc1ccccc1)C(=O)NC1CCN(c2ccccc2)CC1. The molecule has 0 spiro atoms. The standard InChI is InChI=1S/C24H33N3O2/c1-29-20-19-27(16-8-11-21-9-4-2-5-10-21)24(28)25-22-14-17-26(18-15-22)23-12-6-3-7-13-23/h2-7,9-10,12-13,22H,8,11,14-20H2,1H3,(H,25,28). The molecule has 2 aromatic rings. The first-order valence-corrected chi connectivity index (χ1v) is 10.6. The summed E-state index contributed by atoms with van der Waals surface area (Å²) in [6.07, 6.45) is 3.88. The zero-order valence-electron chi connectivity index (χ0n) is 17.4. The van der Waals surface area contributed by atoms with Gasteiger partial charge in [-0.1, -0.05) is 48.5 Å². The second-order valence-electron chi connectivity index (χ2n) is 7.62. The molecule has 1 aliphatic heterocycles. The van der Waals surface area contributed by atoms with Gasteiger partial charge in [0.15, 0.2) is 0 Å². The fourth-order valence-corrected chi connectivity index (χ4v) is 3.82. The number of benzene rings is 2. The fraction of sp³-hybridized carbons (Fsp3) is 0.458. The molecular weight excluding hydrogens is 362 g/mol. The van der Waals surface area contributed by atoms with Crippen LogP contribution in [0.2, 0.25) is 0 Å². The van der Waals surface area contributed by atoms with Crippen molar-refractivity contribution in [3.8, 4) is 0 Å². The minimum absolute atomic E-state index is 0.0354. The quantitative estimate of drug-likeness (QED) is 0.699. The van der Waals surface area contributed by atoms with Crippen LogP contribution in [0.5, 0.6) is 0 Å². The largest absolute Gasteiger partial charge is 0.383 e. The predicted molar refractivity (Wildman–Crippen MR) is 118 cm³/mol. The number of urea groups is 1. The van der Waals surface area contributed by atoms with Crippen molar-refractivity contribution in [3.05, 3.63) is 66.2 Å². The Hall–Kier alpha value is -2.53. The van der Waals surface area contributed by atoms with Crippen LogP contribution < -0.4 is 10.2 Å². The summed E-state index contributed by atoms with van der Waals surface area (Å²) in [7, 11) is 1.68. The number of carbonyl (C=O) groups excluding carboxylic acids is 1. The first kappa shape index (κ1) is 21.2. The Kier molecular flexibility index (Phi) is 8.38. The maximum atomic E-state index is 12.9. The summed E-state index contributed by atoms with van der Waals surface area (Å²) in [5, 5.41) is 3.25. The van der Waals surface area contributed by atoms with Gasteiger partial charge in [0.25, 0.3) is 0 Å². The van der Waals surface area contributed by atoms with Gasteiger partial charge in [0.1, 0.15) is 0 Å². The van der Waals surface area contributed by atoms with Gasteiger partial charge in [-0.3, -0.25) is 0 Å². The number of hydrogen-bond acceptors (Lipinski definition) is 3. The van der Waals surface area contributed by atoms with Gasteiger partial charge in [0, 0.05) is 45.0 Å². The van der Waals surface area contributed by atoms with Crippen LogP contribution in [-0.2, 0) is 11.2 Å². The normalized spacial score (nSPS) is 14.6. The van der Waals surface area contributed by atoms with E-state index in [1.54, 1.807) is 7.11 Å². The van der Waals surface area contributed by atoms with Crippen molar-refractivity contribution < 1.29 is 9.53 Å². The molecule has 0 saturated carbocycles. The average Bonchev–Trinajstić information content (AvgIpc) is 2.78. The van der Waals surface area contributed by atoms with E-state index in [1.807, 2.05) is 17.0 Å². The molecule has 0 bridgehead atoms. The van der Waals surface area contributed by atoms with Crippen molar-refractivity contribution in [2.45, 2.75) is 31.7 Å². The summed E-state index contributed by atoms with van der Waals surface area (Å²) in [6.45, 7) is 3.88. The van der Waals surface area contributed by atoms with Gasteiger partial charge in [-0.2, -0.15) is 0 Å². The van der Waals surface area contributed by atoms with Gasteiger partial charge in [-0.25, -0.2) is 4.79 Å². The Morgan fingerprint density at radius 2 is 1.69 bits per heavy atom. The highest BCUT2D eigenvalue weighted by molar-refractivity contribution is 5.74. The molecule has 1 aliphatic rings. The molecule has 3 rings (SSSR count). The highest BCUT2D eigenvalue weighted by atomic mass is 16.5. The second kappa shape index (κ2) is 11.5. The van der Waals surface area contributed by atoms with Crippen molar-refractivity contribution in [1.82, 2.24) is 10.2 Å². The first-order valence-electron chi connectivity index (χ1n) is 10.6. The number of nitrogens with one attached hydrogen (secondary N) is 1. The molecule has 2 aromatic carbocycles. The number of aryl methyl sites for hydroxylation is 1. The number of carbonyl (C=O) groups is 1. The van der Waals surface area contributed by atoms with Gasteiger partial charge in [-0.05, 0) is 43.4 Å². The van der Waals surface area contributed by atoms with Crippen molar-refractivity contribution in [2.75, 3.05) is 44.8 Å². The molecule has 1 heterocycles. The molecule has 1 N–H and O–H groups in total. The molecule has 0 unspecified atom stereocenters. The third-order valence-electron chi connectivity index (χ3n) is 5.53. The van der Waals surface area contributed by atoms with Gasteiger partial charge in [0.05, 0.1) is 6.61 Å². The number of para-hydroxylation sites is 1. The molecule has 156 valence electrons. The van der Waals surface area contributed by atoms with Gasteiger partial charge >= 0.3 is 6.03 Å². The van der Waals surface area contributed by atoms with Crippen molar-refractivity contribution in [1.29, 1.82) is 0 Å². The number of anilines is 1. The average molecular weight is 396 g/mol. The van der Waals surface area contributed by atoms with Gasteiger partial charge in [-0.15, -0.1) is 0 Å². The molecule has 5 nitrogen and oxygen atoms in total. The lowest BCUT2D eigenvalue weighted by atomic mass is 10.0. The number of amides is 2. The third kappa shape index (κ3) is 6.79. The van der Waals surface area contributed by atoms with Crippen LogP contribution in [0.3, 0.4) is 0 Å². The molecule has 29 heavy (non-hydrogen) atoms. The number of hydrogen-bond donors (Lipinski definition) is 1. The minimum atomic E-state index is 0.0354. The van der Waals surface area contributed by atoms with Crippen LogP contribution in [0.25, 0.3) is 0 Å². The number of nitrogens with zero attached hydrogens (tertiary/aromatic N) is 2. The molecule has 0 aliphatic carbocycles. The van der Waals surface area contributed by atoms with E-state index in [2.05, 4.69) is 58.7 Å². The highest BCUT2D eigenvalue weighted by Crippen LogP contribution is 2.19. The second-order valence-corrected chi connectivity index (χ2v) is 7.62. The Labute approximate surface area is 174 Å². The number of rotatable bonds is 9. The van der Waals surface area contributed by atoms with E-state index in [1.165, 1.54) is 11.3 Å².